The molecule has 0 aliphatic rings. The minimum atomic E-state index is -3.22. The zero-order valence-electron chi connectivity index (χ0n) is 10.5. The first kappa shape index (κ1) is 15.4. The number of amides is 1. The summed E-state index contributed by atoms with van der Waals surface area (Å²) < 4.78 is 48.4. The summed E-state index contributed by atoms with van der Waals surface area (Å²) in [7, 11) is -1.87. The lowest BCUT2D eigenvalue weighted by Crippen LogP contribution is -2.31. The fourth-order valence-corrected chi connectivity index (χ4v) is 1.94. The lowest BCUT2D eigenvalue weighted by molar-refractivity contribution is 0.0802. The van der Waals surface area contributed by atoms with Crippen molar-refractivity contribution in [3.8, 4) is 0 Å². The van der Waals surface area contributed by atoms with Gasteiger partial charge in [-0.15, -0.1) is 0 Å². The summed E-state index contributed by atoms with van der Waals surface area (Å²) in [4.78, 5) is 12.9. The van der Waals surface area contributed by atoms with Gasteiger partial charge in [0.25, 0.3) is 5.91 Å². The molecule has 5 nitrogen and oxygen atoms in total. The predicted octanol–water partition coefficient (Wildman–Crippen LogP) is 0.664. The van der Waals surface area contributed by atoms with E-state index in [1.54, 1.807) is 0 Å². The zero-order chi connectivity index (χ0) is 14.8. The van der Waals surface area contributed by atoms with Crippen molar-refractivity contribution in [2.75, 3.05) is 31.3 Å². The van der Waals surface area contributed by atoms with Gasteiger partial charge in [-0.25, -0.2) is 17.2 Å². The molecule has 0 atom stereocenters. The molecule has 1 aromatic carbocycles. The van der Waals surface area contributed by atoms with Crippen molar-refractivity contribution in [1.29, 1.82) is 0 Å². The van der Waals surface area contributed by atoms with E-state index in [0.29, 0.717) is 0 Å². The van der Waals surface area contributed by atoms with Gasteiger partial charge in [0.2, 0.25) is 0 Å². The first-order valence-corrected chi connectivity index (χ1v) is 7.35. The standard InChI is InChI=1S/C11H14F2N2O3S/c1-15(3-4-19(2,17)18)11(16)7-5-8(12)10(14)9(13)6-7/h5-6H,3-4,14H2,1-2H3. The molecule has 2 N–H and O–H groups in total. The van der Waals surface area contributed by atoms with Crippen LogP contribution < -0.4 is 5.73 Å². The number of sulfone groups is 1. The largest absolute Gasteiger partial charge is 0.394 e. The number of nitrogens with zero attached hydrogens (tertiary/aromatic N) is 1. The molecule has 0 aliphatic heterocycles. The monoisotopic (exact) mass is 292 g/mol. The average molecular weight is 292 g/mol. The van der Waals surface area contributed by atoms with Crippen molar-refractivity contribution >= 4 is 21.4 Å². The van der Waals surface area contributed by atoms with Gasteiger partial charge in [-0.3, -0.25) is 4.79 Å². The van der Waals surface area contributed by atoms with Crippen molar-refractivity contribution in [2.45, 2.75) is 0 Å². The van der Waals surface area contributed by atoms with Gasteiger partial charge >= 0.3 is 0 Å². The van der Waals surface area contributed by atoms with Crippen molar-refractivity contribution < 1.29 is 22.0 Å². The van der Waals surface area contributed by atoms with Gasteiger partial charge < -0.3 is 10.6 Å². The molecule has 0 spiro atoms. The normalized spacial score (nSPS) is 11.4. The number of rotatable bonds is 4. The Hall–Kier alpha value is -1.70. The molecular weight excluding hydrogens is 278 g/mol. The van der Waals surface area contributed by atoms with E-state index >= 15 is 0 Å². The summed E-state index contributed by atoms with van der Waals surface area (Å²) in [5.74, 6) is -2.96. The molecule has 0 unspecified atom stereocenters. The van der Waals surface area contributed by atoms with Crippen LogP contribution in [0.2, 0.25) is 0 Å². The van der Waals surface area contributed by atoms with E-state index in [4.69, 9.17) is 5.73 Å². The maximum Gasteiger partial charge on any atom is 0.253 e. The Labute approximate surface area is 109 Å². The number of hydrogen-bond acceptors (Lipinski definition) is 4. The zero-order valence-corrected chi connectivity index (χ0v) is 11.3. The van der Waals surface area contributed by atoms with Crippen LogP contribution in [-0.2, 0) is 9.84 Å². The minimum Gasteiger partial charge on any atom is -0.394 e. The van der Waals surface area contributed by atoms with E-state index < -0.39 is 33.1 Å². The maximum absolute atomic E-state index is 13.2. The molecule has 0 heterocycles. The van der Waals surface area contributed by atoms with E-state index in [9.17, 15) is 22.0 Å². The van der Waals surface area contributed by atoms with E-state index in [2.05, 4.69) is 0 Å². The molecule has 1 amide bonds. The molecule has 8 heteroatoms. The van der Waals surface area contributed by atoms with Gasteiger partial charge in [0.05, 0.1) is 5.75 Å². The fourth-order valence-electron chi connectivity index (χ4n) is 1.33. The number of carbonyl (C=O) groups is 1. The second-order valence-corrected chi connectivity index (χ2v) is 6.47. The third-order valence-electron chi connectivity index (χ3n) is 2.47. The van der Waals surface area contributed by atoms with Crippen LogP contribution in [0, 0.1) is 11.6 Å². The molecule has 1 aromatic rings. The fraction of sp³-hybridized carbons (Fsp3) is 0.364. The highest BCUT2D eigenvalue weighted by molar-refractivity contribution is 7.90. The molecule has 0 saturated carbocycles. The van der Waals surface area contributed by atoms with Gasteiger partial charge in [-0.05, 0) is 12.1 Å². The number of nitrogen functional groups attached to an aromatic ring is 1. The van der Waals surface area contributed by atoms with Crippen molar-refractivity contribution in [3.63, 3.8) is 0 Å². The quantitative estimate of drug-likeness (QED) is 0.827. The Kier molecular flexibility index (Phi) is 4.46. The SMILES string of the molecule is CN(CCS(C)(=O)=O)C(=O)c1cc(F)c(N)c(F)c1. The number of hydrogen-bond donors (Lipinski definition) is 1. The predicted molar refractivity (Wildman–Crippen MR) is 67.4 cm³/mol. The Morgan fingerprint density at radius 2 is 1.79 bits per heavy atom. The van der Waals surface area contributed by atoms with Crippen LogP contribution in [0.25, 0.3) is 0 Å². The summed E-state index contributed by atoms with van der Waals surface area (Å²) >= 11 is 0. The Morgan fingerprint density at radius 1 is 1.32 bits per heavy atom. The minimum absolute atomic E-state index is 0.0642. The van der Waals surface area contributed by atoms with Crippen molar-refractivity contribution in [3.05, 3.63) is 29.3 Å². The van der Waals surface area contributed by atoms with E-state index in [1.807, 2.05) is 0 Å². The summed E-state index contributed by atoms with van der Waals surface area (Å²) in [6.07, 6.45) is 1.04. The molecular formula is C11H14F2N2O3S. The maximum atomic E-state index is 13.2. The van der Waals surface area contributed by atoms with Crippen LogP contribution in [0.4, 0.5) is 14.5 Å². The molecule has 0 bridgehead atoms. The molecule has 0 saturated heterocycles. The van der Waals surface area contributed by atoms with Crippen LogP contribution >= 0.6 is 0 Å². The molecule has 19 heavy (non-hydrogen) atoms. The van der Waals surface area contributed by atoms with Crippen LogP contribution in [-0.4, -0.2) is 44.8 Å². The second-order valence-electron chi connectivity index (χ2n) is 4.21. The van der Waals surface area contributed by atoms with Crippen LogP contribution in [0.15, 0.2) is 12.1 Å². The lowest BCUT2D eigenvalue weighted by Gasteiger charge is -2.17. The number of nitrogens with two attached hydrogens (primary N) is 1. The first-order valence-electron chi connectivity index (χ1n) is 5.29. The number of halogens is 2. The summed E-state index contributed by atoms with van der Waals surface area (Å²) in [6, 6.07) is 1.63. The molecule has 0 aromatic heterocycles. The van der Waals surface area contributed by atoms with Gasteiger partial charge in [0.1, 0.15) is 27.2 Å². The third-order valence-corrected chi connectivity index (χ3v) is 3.39. The van der Waals surface area contributed by atoms with Gasteiger partial charge in [-0.2, -0.15) is 0 Å². The van der Waals surface area contributed by atoms with Crippen molar-refractivity contribution in [2.24, 2.45) is 0 Å². The molecule has 106 valence electrons. The van der Waals surface area contributed by atoms with Crippen LogP contribution in [0.3, 0.4) is 0 Å². The summed E-state index contributed by atoms with van der Waals surface area (Å²) in [6.45, 7) is -0.0642. The Morgan fingerprint density at radius 3 is 2.21 bits per heavy atom. The second kappa shape index (κ2) is 5.52. The first-order chi connectivity index (χ1) is 8.61. The van der Waals surface area contributed by atoms with Crippen LogP contribution in [0.5, 0.6) is 0 Å². The average Bonchev–Trinajstić information content (AvgIpc) is 2.30. The number of benzene rings is 1. The van der Waals surface area contributed by atoms with E-state index in [0.717, 1.165) is 23.3 Å². The molecule has 1 rings (SSSR count). The lowest BCUT2D eigenvalue weighted by atomic mass is 10.1. The summed E-state index contributed by atoms with van der Waals surface area (Å²) in [5.41, 5.74) is 4.21. The smallest absolute Gasteiger partial charge is 0.253 e. The number of carbonyl (C=O) groups excluding carboxylic acids is 1. The Balaban J connectivity index is 2.89. The molecule has 0 fully saturated rings. The highest BCUT2D eigenvalue weighted by Gasteiger charge is 2.17. The number of anilines is 1. The Bertz CT molecular complexity index is 579. The highest BCUT2D eigenvalue weighted by Crippen LogP contribution is 2.18. The molecule has 0 aliphatic carbocycles. The third kappa shape index (κ3) is 4.16. The topological polar surface area (TPSA) is 80.5 Å². The summed E-state index contributed by atoms with van der Waals surface area (Å²) in [5, 5.41) is 0. The highest BCUT2D eigenvalue weighted by atomic mass is 32.2. The molecule has 0 radical (unpaired) electrons. The van der Waals surface area contributed by atoms with Gasteiger partial charge in [0, 0.05) is 25.4 Å². The van der Waals surface area contributed by atoms with E-state index in [-0.39, 0.29) is 17.9 Å². The van der Waals surface area contributed by atoms with Crippen molar-refractivity contribution in [1.82, 2.24) is 4.90 Å². The van der Waals surface area contributed by atoms with Gasteiger partial charge in [0.15, 0.2) is 0 Å². The van der Waals surface area contributed by atoms with Crippen LogP contribution in [0.1, 0.15) is 10.4 Å². The van der Waals surface area contributed by atoms with Gasteiger partial charge in [-0.1, -0.05) is 0 Å². The van der Waals surface area contributed by atoms with E-state index in [1.165, 1.54) is 7.05 Å².